The van der Waals surface area contributed by atoms with Gasteiger partial charge in [0.15, 0.2) is 0 Å². The number of ether oxygens (including phenoxy) is 1. The zero-order valence-corrected chi connectivity index (χ0v) is 17.0. The first-order chi connectivity index (χ1) is 15.1. The Bertz CT molecular complexity index is 1110. The number of rotatable bonds is 6. The van der Waals surface area contributed by atoms with Crippen molar-refractivity contribution in [2.24, 2.45) is 0 Å². The summed E-state index contributed by atoms with van der Waals surface area (Å²) in [5, 5.41) is 3.31. The van der Waals surface area contributed by atoms with Crippen LogP contribution >= 0.6 is 0 Å². The Morgan fingerprint density at radius 2 is 1.84 bits per heavy atom. The molecule has 1 aliphatic rings. The smallest absolute Gasteiger partial charge is 0.246 e. The van der Waals surface area contributed by atoms with Crippen molar-refractivity contribution in [3.05, 3.63) is 85.2 Å². The number of hydrogen-bond acceptors (Lipinski definition) is 6. The summed E-state index contributed by atoms with van der Waals surface area (Å²) in [4.78, 5) is 22.3. The zero-order chi connectivity index (χ0) is 21.6. The summed E-state index contributed by atoms with van der Waals surface area (Å²) in [7, 11) is 0. The van der Waals surface area contributed by atoms with Gasteiger partial charge in [0.25, 0.3) is 0 Å². The molecule has 156 valence electrons. The lowest BCUT2D eigenvalue weighted by molar-refractivity contribution is -0.125. The van der Waals surface area contributed by atoms with E-state index < -0.39 is 0 Å². The molecule has 0 bridgehead atoms. The molecule has 0 aliphatic carbocycles. The second kappa shape index (κ2) is 9.13. The number of aromatic nitrogens is 2. The molecule has 2 aromatic carbocycles. The molecule has 7 nitrogen and oxygen atoms in total. The molecule has 0 radical (unpaired) electrons. The average molecular weight is 413 g/mol. The lowest BCUT2D eigenvalue weighted by Gasteiger charge is -2.27. The summed E-state index contributed by atoms with van der Waals surface area (Å²) in [5.74, 6) is 2.35. The molecular weight excluding hydrogens is 390 g/mol. The first-order valence-corrected chi connectivity index (χ1v) is 9.95. The van der Waals surface area contributed by atoms with Crippen molar-refractivity contribution in [3.63, 3.8) is 0 Å². The molecule has 0 spiro atoms. The number of nitrogen functional groups attached to an aromatic ring is 1. The molecule has 0 fully saturated rings. The number of nitrogens with one attached hydrogen (secondary N) is 1. The van der Waals surface area contributed by atoms with Crippen molar-refractivity contribution < 1.29 is 9.53 Å². The molecule has 1 aliphatic heterocycles. The van der Waals surface area contributed by atoms with Gasteiger partial charge in [-0.1, -0.05) is 30.9 Å². The van der Waals surface area contributed by atoms with Gasteiger partial charge in [0.1, 0.15) is 29.5 Å². The highest BCUT2D eigenvalue weighted by molar-refractivity contribution is 5.91. The van der Waals surface area contributed by atoms with E-state index in [-0.39, 0.29) is 5.91 Å². The minimum Gasteiger partial charge on any atom is -0.457 e. The second-order valence-electron chi connectivity index (χ2n) is 7.03. The topological polar surface area (TPSA) is 93.4 Å². The van der Waals surface area contributed by atoms with Crippen LogP contribution in [0.25, 0.3) is 5.57 Å². The predicted octanol–water partition coefficient (Wildman–Crippen LogP) is 4.40. The fourth-order valence-corrected chi connectivity index (χ4v) is 3.42. The molecule has 0 atom stereocenters. The lowest BCUT2D eigenvalue weighted by Crippen LogP contribution is -2.34. The van der Waals surface area contributed by atoms with Crippen molar-refractivity contribution in [1.29, 1.82) is 0 Å². The number of amides is 1. The van der Waals surface area contributed by atoms with Crippen LogP contribution in [0.4, 0.5) is 17.3 Å². The van der Waals surface area contributed by atoms with Gasteiger partial charge in [-0.2, -0.15) is 0 Å². The molecule has 1 aromatic heterocycles. The molecular formula is C24H23N5O2. The standard InChI is InChI=1S/C24H23N5O2/c1-2-21(30)29-14-6-7-17(15-29)22-23(25)26-16-27-24(22)28-18-10-12-20(13-11-18)31-19-8-4-3-5-9-19/h2-5,7-13,16H,1,6,14-15H2,(H3,25,26,27,28). The first kappa shape index (κ1) is 20.2. The van der Waals surface area contributed by atoms with Crippen molar-refractivity contribution in [2.75, 3.05) is 24.1 Å². The molecule has 0 unspecified atom stereocenters. The van der Waals surface area contributed by atoms with Crippen LogP contribution in [-0.4, -0.2) is 33.9 Å². The van der Waals surface area contributed by atoms with Gasteiger partial charge in [-0.3, -0.25) is 4.79 Å². The highest BCUT2D eigenvalue weighted by Crippen LogP contribution is 2.32. The van der Waals surface area contributed by atoms with Crippen LogP contribution in [0.3, 0.4) is 0 Å². The second-order valence-corrected chi connectivity index (χ2v) is 7.03. The third-order valence-corrected chi connectivity index (χ3v) is 4.93. The number of nitrogens with zero attached hydrogens (tertiary/aromatic N) is 3. The van der Waals surface area contributed by atoms with Crippen molar-refractivity contribution in [3.8, 4) is 11.5 Å². The van der Waals surface area contributed by atoms with Gasteiger partial charge in [0, 0.05) is 18.8 Å². The maximum Gasteiger partial charge on any atom is 0.246 e. The maximum absolute atomic E-state index is 12.1. The third kappa shape index (κ3) is 4.72. The molecule has 31 heavy (non-hydrogen) atoms. The number of carbonyl (C=O) groups is 1. The number of hydrogen-bond donors (Lipinski definition) is 2. The SMILES string of the molecule is C=CC(=O)N1CCC=C(c2c(N)ncnc2Nc2ccc(Oc3ccccc3)cc2)C1. The van der Waals surface area contributed by atoms with E-state index >= 15 is 0 Å². The Kier molecular flexibility index (Phi) is 5.93. The van der Waals surface area contributed by atoms with E-state index in [0.29, 0.717) is 30.3 Å². The molecule has 3 aromatic rings. The van der Waals surface area contributed by atoms with Crippen LogP contribution in [0.1, 0.15) is 12.0 Å². The van der Waals surface area contributed by atoms with Gasteiger partial charge in [-0.15, -0.1) is 0 Å². The Morgan fingerprint density at radius 3 is 2.58 bits per heavy atom. The summed E-state index contributed by atoms with van der Waals surface area (Å²) in [6, 6.07) is 17.2. The molecule has 7 heteroatoms. The van der Waals surface area contributed by atoms with Gasteiger partial charge in [0.05, 0.1) is 5.56 Å². The molecule has 1 amide bonds. The Labute approximate surface area is 180 Å². The van der Waals surface area contributed by atoms with Gasteiger partial charge in [-0.25, -0.2) is 9.97 Å². The average Bonchev–Trinajstić information content (AvgIpc) is 2.81. The molecule has 3 N–H and O–H groups in total. The minimum absolute atomic E-state index is 0.107. The summed E-state index contributed by atoms with van der Waals surface area (Å²) in [6.45, 7) is 4.65. The quantitative estimate of drug-likeness (QED) is 0.582. The largest absolute Gasteiger partial charge is 0.457 e. The van der Waals surface area contributed by atoms with E-state index in [2.05, 4.69) is 27.9 Å². The molecule has 0 saturated heterocycles. The van der Waals surface area contributed by atoms with E-state index in [1.165, 1.54) is 12.4 Å². The third-order valence-electron chi connectivity index (χ3n) is 4.93. The van der Waals surface area contributed by atoms with Crippen molar-refractivity contribution in [2.45, 2.75) is 6.42 Å². The van der Waals surface area contributed by atoms with E-state index in [1.54, 1.807) is 4.90 Å². The Morgan fingerprint density at radius 1 is 1.10 bits per heavy atom. The van der Waals surface area contributed by atoms with Crippen LogP contribution in [0.5, 0.6) is 11.5 Å². The van der Waals surface area contributed by atoms with Gasteiger partial charge < -0.3 is 20.7 Å². The van der Waals surface area contributed by atoms with Gasteiger partial charge >= 0.3 is 0 Å². The predicted molar refractivity (Wildman–Crippen MR) is 122 cm³/mol. The monoisotopic (exact) mass is 413 g/mol. The van der Waals surface area contributed by atoms with Gasteiger partial charge in [-0.05, 0) is 54.5 Å². The Balaban J connectivity index is 1.54. The van der Waals surface area contributed by atoms with Crippen LogP contribution in [-0.2, 0) is 4.79 Å². The number of anilines is 3. The van der Waals surface area contributed by atoms with Crippen LogP contribution in [0.15, 0.2) is 79.7 Å². The van der Waals surface area contributed by atoms with Crippen LogP contribution in [0.2, 0.25) is 0 Å². The van der Waals surface area contributed by atoms with E-state index in [4.69, 9.17) is 10.5 Å². The molecule has 4 rings (SSSR count). The fourth-order valence-electron chi connectivity index (χ4n) is 3.42. The summed E-state index contributed by atoms with van der Waals surface area (Å²) in [6.07, 6.45) is 5.55. The fraction of sp³-hybridized carbons (Fsp3) is 0.125. The number of nitrogens with two attached hydrogens (primary N) is 1. The number of carbonyl (C=O) groups excluding carboxylic acids is 1. The van der Waals surface area contributed by atoms with Crippen LogP contribution < -0.4 is 15.8 Å². The normalized spacial score (nSPS) is 13.3. The van der Waals surface area contributed by atoms with Crippen molar-refractivity contribution in [1.82, 2.24) is 14.9 Å². The molecule has 2 heterocycles. The summed E-state index contributed by atoms with van der Waals surface area (Å²) >= 11 is 0. The summed E-state index contributed by atoms with van der Waals surface area (Å²) < 4.78 is 5.84. The van der Waals surface area contributed by atoms with Crippen LogP contribution in [0, 0.1) is 0 Å². The van der Waals surface area contributed by atoms with Gasteiger partial charge in [0.2, 0.25) is 5.91 Å². The number of para-hydroxylation sites is 1. The minimum atomic E-state index is -0.107. The highest BCUT2D eigenvalue weighted by atomic mass is 16.5. The molecule has 0 saturated carbocycles. The zero-order valence-electron chi connectivity index (χ0n) is 17.0. The van der Waals surface area contributed by atoms with Crippen molar-refractivity contribution >= 4 is 28.8 Å². The van der Waals surface area contributed by atoms with E-state index in [9.17, 15) is 4.79 Å². The summed E-state index contributed by atoms with van der Waals surface area (Å²) in [5.41, 5.74) is 8.63. The maximum atomic E-state index is 12.1. The number of benzene rings is 2. The lowest BCUT2D eigenvalue weighted by atomic mass is 10.0. The van der Waals surface area contributed by atoms with E-state index in [0.717, 1.165) is 29.2 Å². The highest BCUT2D eigenvalue weighted by Gasteiger charge is 2.22. The Hall–Kier alpha value is -4.13. The van der Waals surface area contributed by atoms with E-state index in [1.807, 2.05) is 54.6 Å². The first-order valence-electron chi connectivity index (χ1n) is 9.95.